The second-order valence-corrected chi connectivity index (χ2v) is 10.7. The fourth-order valence-corrected chi connectivity index (χ4v) is 6.28. The van der Waals surface area contributed by atoms with E-state index in [1.807, 2.05) is 31.2 Å². The number of amides is 1. The van der Waals surface area contributed by atoms with Crippen molar-refractivity contribution in [3.8, 4) is 0 Å². The number of carbonyl (C=O) groups is 2. The number of likely N-dealkylation sites (tertiary alicyclic amines) is 1. The lowest BCUT2D eigenvalue weighted by Crippen LogP contribution is -2.41. The Labute approximate surface area is 190 Å². The Morgan fingerprint density at radius 3 is 2.12 bits per heavy atom. The zero-order valence-corrected chi connectivity index (χ0v) is 19.3. The minimum absolute atomic E-state index is 0.0877. The number of hydrogen-bond donors (Lipinski definition) is 0. The predicted molar refractivity (Wildman–Crippen MR) is 123 cm³/mol. The molecule has 4 rings (SSSR count). The largest absolute Gasteiger partial charge is 0.339 e. The highest BCUT2D eigenvalue weighted by atomic mass is 32.2. The summed E-state index contributed by atoms with van der Waals surface area (Å²) in [6.45, 7) is 3.87. The molecule has 0 saturated carbocycles. The Balaban J connectivity index is 1.47. The van der Waals surface area contributed by atoms with Gasteiger partial charge in [-0.1, -0.05) is 48.4 Å². The Morgan fingerprint density at radius 1 is 0.844 bits per heavy atom. The summed E-state index contributed by atoms with van der Waals surface area (Å²) < 4.78 is 28.0. The minimum atomic E-state index is -3.71. The fourth-order valence-electron chi connectivity index (χ4n) is 4.58. The van der Waals surface area contributed by atoms with Crippen LogP contribution < -0.4 is 0 Å². The van der Waals surface area contributed by atoms with Crippen LogP contribution in [0.4, 0.5) is 0 Å². The second kappa shape index (κ2) is 9.55. The van der Waals surface area contributed by atoms with Crippen LogP contribution >= 0.6 is 0 Å². The van der Waals surface area contributed by atoms with Gasteiger partial charge in [0.15, 0.2) is 5.78 Å². The van der Waals surface area contributed by atoms with Gasteiger partial charge in [0.2, 0.25) is 10.0 Å². The predicted octanol–water partition coefficient (Wildman–Crippen LogP) is 3.90. The van der Waals surface area contributed by atoms with E-state index in [-0.39, 0.29) is 28.1 Å². The van der Waals surface area contributed by atoms with Crippen molar-refractivity contribution < 1.29 is 18.0 Å². The summed E-state index contributed by atoms with van der Waals surface area (Å²) in [5.41, 5.74) is 2.04. The summed E-state index contributed by atoms with van der Waals surface area (Å²) in [7, 11) is -3.71. The molecule has 2 aliphatic heterocycles. The van der Waals surface area contributed by atoms with Crippen LogP contribution in [0.1, 0.15) is 58.4 Å². The molecule has 2 heterocycles. The first kappa shape index (κ1) is 22.7. The second-order valence-electron chi connectivity index (χ2n) is 8.76. The zero-order valence-electron chi connectivity index (χ0n) is 18.5. The molecule has 7 heteroatoms. The maximum absolute atomic E-state index is 13.3. The molecule has 6 nitrogen and oxygen atoms in total. The lowest BCUT2D eigenvalue weighted by molar-refractivity contribution is 0.0647. The van der Waals surface area contributed by atoms with Crippen LogP contribution in [0.25, 0.3) is 0 Å². The van der Waals surface area contributed by atoms with E-state index >= 15 is 0 Å². The van der Waals surface area contributed by atoms with Crippen LogP contribution in [-0.4, -0.2) is 55.5 Å². The molecule has 0 unspecified atom stereocenters. The van der Waals surface area contributed by atoms with Gasteiger partial charge in [-0.15, -0.1) is 0 Å². The molecule has 0 N–H and O–H groups in total. The number of ketones is 1. The van der Waals surface area contributed by atoms with Gasteiger partial charge in [0, 0.05) is 37.7 Å². The maximum Gasteiger partial charge on any atom is 0.255 e. The smallest absolute Gasteiger partial charge is 0.255 e. The van der Waals surface area contributed by atoms with E-state index in [2.05, 4.69) is 0 Å². The third-order valence-electron chi connectivity index (χ3n) is 6.54. The van der Waals surface area contributed by atoms with E-state index in [0.29, 0.717) is 44.6 Å². The first-order valence-electron chi connectivity index (χ1n) is 11.4. The first-order valence-corrected chi connectivity index (χ1v) is 12.8. The molecule has 2 saturated heterocycles. The summed E-state index contributed by atoms with van der Waals surface area (Å²) in [5, 5.41) is 0. The van der Waals surface area contributed by atoms with Gasteiger partial charge < -0.3 is 4.90 Å². The van der Waals surface area contributed by atoms with Crippen LogP contribution in [-0.2, 0) is 10.0 Å². The number of carbonyl (C=O) groups excluding carboxylic acids is 2. The average molecular weight is 455 g/mol. The molecule has 0 radical (unpaired) electrons. The zero-order chi connectivity index (χ0) is 22.7. The van der Waals surface area contributed by atoms with Crippen molar-refractivity contribution in [3.63, 3.8) is 0 Å². The molecule has 1 amide bonds. The number of hydrogen-bond acceptors (Lipinski definition) is 4. The van der Waals surface area contributed by atoms with Crippen LogP contribution in [0.2, 0.25) is 0 Å². The maximum atomic E-state index is 13.3. The fraction of sp³-hybridized carbons (Fsp3) is 0.440. The molecule has 0 atom stereocenters. The van der Waals surface area contributed by atoms with Gasteiger partial charge in [-0.2, -0.15) is 4.31 Å². The lowest BCUT2D eigenvalue weighted by Gasteiger charge is -2.32. The van der Waals surface area contributed by atoms with E-state index in [0.717, 1.165) is 24.8 Å². The van der Waals surface area contributed by atoms with Crippen LogP contribution in [0.15, 0.2) is 53.4 Å². The van der Waals surface area contributed by atoms with Crippen LogP contribution in [0.3, 0.4) is 0 Å². The Kier molecular flexibility index (Phi) is 6.76. The number of Topliss-reactive ketones (excluding diaryl/α,β-unsaturated/α-hetero) is 1. The van der Waals surface area contributed by atoms with Gasteiger partial charge in [-0.05, 0) is 44.7 Å². The minimum Gasteiger partial charge on any atom is -0.339 e. The SMILES string of the molecule is Cc1ccc(C(=O)C2CCN(C(=O)c3ccccc3S(=O)(=O)N3CCCCC3)CC2)cc1. The van der Waals surface area contributed by atoms with Crippen molar-refractivity contribution in [1.82, 2.24) is 9.21 Å². The topological polar surface area (TPSA) is 74.8 Å². The Bertz CT molecular complexity index is 1080. The number of sulfonamides is 1. The van der Waals surface area contributed by atoms with Gasteiger partial charge in [0.25, 0.3) is 5.91 Å². The summed E-state index contributed by atoms with van der Waals surface area (Å²) >= 11 is 0. The highest BCUT2D eigenvalue weighted by Crippen LogP contribution is 2.27. The number of nitrogens with zero attached hydrogens (tertiary/aromatic N) is 2. The monoisotopic (exact) mass is 454 g/mol. The molecule has 2 fully saturated rings. The van der Waals surface area contributed by atoms with Gasteiger partial charge in [0.05, 0.1) is 10.5 Å². The molecule has 0 spiro atoms. The van der Waals surface area contributed by atoms with Crippen molar-refractivity contribution in [3.05, 3.63) is 65.2 Å². The average Bonchev–Trinajstić information content (AvgIpc) is 2.84. The van der Waals surface area contributed by atoms with Gasteiger partial charge >= 0.3 is 0 Å². The third kappa shape index (κ3) is 4.64. The highest BCUT2D eigenvalue weighted by molar-refractivity contribution is 7.89. The van der Waals surface area contributed by atoms with Crippen LogP contribution in [0, 0.1) is 12.8 Å². The number of benzene rings is 2. The normalized spacial score (nSPS) is 18.5. The van der Waals surface area contributed by atoms with Crippen molar-refractivity contribution in [2.75, 3.05) is 26.2 Å². The Hall–Kier alpha value is -2.51. The summed E-state index contributed by atoms with van der Waals surface area (Å²) in [4.78, 5) is 27.9. The molecule has 32 heavy (non-hydrogen) atoms. The molecule has 2 aromatic carbocycles. The Morgan fingerprint density at radius 2 is 1.47 bits per heavy atom. The molecule has 2 aliphatic rings. The van der Waals surface area contributed by atoms with Gasteiger partial charge in [-0.25, -0.2) is 8.42 Å². The number of aryl methyl sites for hydroxylation is 1. The summed E-state index contributed by atoms with van der Waals surface area (Å²) in [6, 6.07) is 14.1. The molecule has 0 aliphatic carbocycles. The standard InChI is InChI=1S/C25H30N2O4S/c1-19-9-11-20(12-10-19)24(28)21-13-17-26(18-14-21)25(29)22-7-3-4-8-23(22)32(30,31)27-15-5-2-6-16-27/h3-4,7-12,21H,2,5-6,13-18H2,1H3. The third-order valence-corrected chi connectivity index (χ3v) is 8.50. The number of rotatable bonds is 5. The van der Waals surface area contributed by atoms with Crippen molar-refractivity contribution in [2.45, 2.75) is 43.9 Å². The van der Waals surface area contributed by atoms with E-state index < -0.39 is 10.0 Å². The van der Waals surface area contributed by atoms with Crippen LogP contribution in [0.5, 0.6) is 0 Å². The molecule has 2 aromatic rings. The molecular formula is C25H30N2O4S. The molecule has 0 bridgehead atoms. The lowest BCUT2D eigenvalue weighted by atomic mass is 9.88. The van der Waals surface area contributed by atoms with Crippen molar-refractivity contribution >= 4 is 21.7 Å². The van der Waals surface area contributed by atoms with Gasteiger partial charge in [-0.3, -0.25) is 9.59 Å². The molecule has 170 valence electrons. The van der Waals surface area contributed by atoms with E-state index in [4.69, 9.17) is 0 Å². The number of piperidine rings is 2. The van der Waals surface area contributed by atoms with Crippen molar-refractivity contribution in [1.29, 1.82) is 0 Å². The molecular weight excluding hydrogens is 424 g/mol. The van der Waals surface area contributed by atoms with Crippen molar-refractivity contribution in [2.24, 2.45) is 5.92 Å². The molecule has 0 aromatic heterocycles. The first-order chi connectivity index (χ1) is 15.4. The summed E-state index contributed by atoms with van der Waals surface area (Å²) in [6.07, 6.45) is 3.89. The highest BCUT2D eigenvalue weighted by Gasteiger charge is 2.33. The summed E-state index contributed by atoms with van der Waals surface area (Å²) in [5.74, 6) is -0.276. The van der Waals surface area contributed by atoms with E-state index in [9.17, 15) is 18.0 Å². The van der Waals surface area contributed by atoms with E-state index in [1.165, 1.54) is 10.4 Å². The quantitative estimate of drug-likeness (QED) is 0.642. The van der Waals surface area contributed by atoms with Gasteiger partial charge in [0.1, 0.15) is 0 Å². The van der Waals surface area contributed by atoms with E-state index in [1.54, 1.807) is 23.1 Å².